The molecule has 0 spiro atoms. The average Bonchev–Trinajstić information content (AvgIpc) is 2.90. The third-order valence-corrected chi connectivity index (χ3v) is 3.39. The Hall–Kier alpha value is -2.90. The number of aryl methyl sites for hydroxylation is 1. The Morgan fingerprint density at radius 3 is 2.74 bits per heavy atom. The van der Waals surface area contributed by atoms with E-state index >= 15 is 0 Å². The standard InChI is InChI=1S/C15H18N4O4/c1-9(2)11-7-12(10(3)6-13(11)20)16-15(21)8-18-5-4-14(17-18)19(22)23/h4-7,9,20H,8H2,1-3H3,(H,16,21). The molecule has 122 valence electrons. The molecule has 0 aliphatic heterocycles. The van der Waals surface area contributed by atoms with Gasteiger partial charge in [0.25, 0.3) is 0 Å². The van der Waals surface area contributed by atoms with Gasteiger partial charge in [-0.25, -0.2) is 0 Å². The molecule has 0 saturated carbocycles. The summed E-state index contributed by atoms with van der Waals surface area (Å²) in [5.41, 5.74) is 2.06. The number of anilines is 1. The van der Waals surface area contributed by atoms with Gasteiger partial charge in [0.2, 0.25) is 5.91 Å². The van der Waals surface area contributed by atoms with Crippen LogP contribution in [0.4, 0.5) is 11.5 Å². The van der Waals surface area contributed by atoms with Crippen molar-refractivity contribution in [3.05, 3.63) is 45.6 Å². The molecule has 2 N–H and O–H groups in total. The molecule has 0 aliphatic carbocycles. The molecule has 0 bridgehead atoms. The first-order valence-corrected chi connectivity index (χ1v) is 7.09. The first-order valence-electron chi connectivity index (χ1n) is 7.09. The third-order valence-electron chi connectivity index (χ3n) is 3.39. The van der Waals surface area contributed by atoms with E-state index in [1.54, 1.807) is 19.1 Å². The smallest absolute Gasteiger partial charge is 0.389 e. The number of benzene rings is 1. The van der Waals surface area contributed by atoms with E-state index in [0.29, 0.717) is 5.69 Å². The van der Waals surface area contributed by atoms with Gasteiger partial charge < -0.3 is 20.5 Å². The van der Waals surface area contributed by atoms with Crippen molar-refractivity contribution in [2.75, 3.05) is 5.32 Å². The quantitative estimate of drug-likeness (QED) is 0.500. The summed E-state index contributed by atoms with van der Waals surface area (Å²) in [5.74, 6) is -0.356. The molecule has 1 amide bonds. The van der Waals surface area contributed by atoms with Crippen LogP contribution in [0, 0.1) is 17.0 Å². The van der Waals surface area contributed by atoms with Gasteiger partial charge in [0, 0.05) is 5.69 Å². The van der Waals surface area contributed by atoms with Gasteiger partial charge in [0.05, 0.1) is 17.4 Å². The van der Waals surface area contributed by atoms with Crippen molar-refractivity contribution in [2.24, 2.45) is 0 Å². The molecule has 0 atom stereocenters. The second-order valence-corrected chi connectivity index (χ2v) is 5.56. The Kier molecular flexibility index (Phi) is 4.63. The van der Waals surface area contributed by atoms with Gasteiger partial charge in [-0.05, 0) is 41.0 Å². The number of aromatic nitrogens is 2. The number of amides is 1. The number of rotatable bonds is 5. The van der Waals surface area contributed by atoms with Crippen molar-refractivity contribution in [1.82, 2.24) is 9.78 Å². The van der Waals surface area contributed by atoms with Crippen molar-refractivity contribution in [2.45, 2.75) is 33.2 Å². The number of nitrogens with zero attached hydrogens (tertiary/aromatic N) is 3. The largest absolute Gasteiger partial charge is 0.508 e. The van der Waals surface area contributed by atoms with Crippen LogP contribution in [0.25, 0.3) is 0 Å². The zero-order chi connectivity index (χ0) is 17.1. The van der Waals surface area contributed by atoms with Crippen LogP contribution in [0.15, 0.2) is 24.4 Å². The van der Waals surface area contributed by atoms with E-state index in [-0.39, 0.29) is 29.9 Å². The van der Waals surface area contributed by atoms with Crippen LogP contribution >= 0.6 is 0 Å². The molecule has 2 rings (SSSR count). The number of hydrogen-bond acceptors (Lipinski definition) is 5. The predicted molar refractivity (Wildman–Crippen MR) is 84.4 cm³/mol. The highest BCUT2D eigenvalue weighted by Gasteiger charge is 2.15. The van der Waals surface area contributed by atoms with Crippen LogP contribution in [0.1, 0.15) is 30.9 Å². The third kappa shape index (κ3) is 3.85. The lowest BCUT2D eigenvalue weighted by molar-refractivity contribution is -0.389. The minimum Gasteiger partial charge on any atom is -0.508 e. The second-order valence-electron chi connectivity index (χ2n) is 5.56. The van der Waals surface area contributed by atoms with E-state index in [0.717, 1.165) is 11.1 Å². The van der Waals surface area contributed by atoms with E-state index in [4.69, 9.17) is 0 Å². The summed E-state index contributed by atoms with van der Waals surface area (Å²) in [4.78, 5) is 22.0. The molecule has 8 heteroatoms. The van der Waals surface area contributed by atoms with Crippen LogP contribution in [-0.4, -0.2) is 25.7 Å². The minimum absolute atomic E-state index is 0.111. The summed E-state index contributed by atoms with van der Waals surface area (Å²) in [7, 11) is 0. The molecule has 0 unspecified atom stereocenters. The lowest BCUT2D eigenvalue weighted by atomic mass is 9.99. The molecule has 0 fully saturated rings. The molecule has 8 nitrogen and oxygen atoms in total. The summed E-state index contributed by atoms with van der Waals surface area (Å²) >= 11 is 0. The van der Waals surface area contributed by atoms with Crippen molar-refractivity contribution >= 4 is 17.4 Å². The van der Waals surface area contributed by atoms with Crippen LogP contribution in [0.5, 0.6) is 5.75 Å². The average molecular weight is 318 g/mol. The number of hydrogen-bond donors (Lipinski definition) is 2. The molecule has 0 aliphatic rings. The van der Waals surface area contributed by atoms with Gasteiger partial charge >= 0.3 is 5.82 Å². The summed E-state index contributed by atoms with van der Waals surface area (Å²) in [5, 5.41) is 26.9. The highest BCUT2D eigenvalue weighted by atomic mass is 16.6. The van der Waals surface area contributed by atoms with Gasteiger partial charge in [-0.1, -0.05) is 13.8 Å². The monoisotopic (exact) mass is 318 g/mol. The Bertz CT molecular complexity index is 752. The fraction of sp³-hybridized carbons (Fsp3) is 0.333. The highest BCUT2D eigenvalue weighted by Crippen LogP contribution is 2.31. The Balaban J connectivity index is 2.13. The number of carbonyl (C=O) groups is 1. The highest BCUT2D eigenvalue weighted by molar-refractivity contribution is 5.91. The van der Waals surface area contributed by atoms with E-state index in [1.165, 1.54) is 16.9 Å². The molecule has 1 heterocycles. The fourth-order valence-electron chi connectivity index (χ4n) is 2.18. The number of phenols is 1. The molecular weight excluding hydrogens is 300 g/mol. The minimum atomic E-state index is -0.618. The zero-order valence-electron chi connectivity index (χ0n) is 13.1. The topological polar surface area (TPSA) is 110 Å². The summed E-state index contributed by atoms with van der Waals surface area (Å²) < 4.78 is 1.20. The Morgan fingerprint density at radius 2 is 2.17 bits per heavy atom. The number of nitrogens with one attached hydrogen (secondary N) is 1. The number of carbonyl (C=O) groups excluding carboxylic acids is 1. The van der Waals surface area contributed by atoms with Gasteiger partial charge in [-0.3, -0.25) is 4.79 Å². The molecule has 23 heavy (non-hydrogen) atoms. The van der Waals surface area contributed by atoms with Crippen molar-refractivity contribution in [3.63, 3.8) is 0 Å². The maximum Gasteiger partial charge on any atom is 0.389 e. The second kappa shape index (κ2) is 6.47. The van der Waals surface area contributed by atoms with E-state index < -0.39 is 4.92 Å². The number of phenolic OH excluding ortho intramolecular Hbond substituents is 1. The number of nitro groups is 1. The maximum atomic E-state index is 12.1. The van der Waals surface area contributed by atoms with E-state index in [9.17, 15) is 20.0 Å². The normalized spacial score (nSPS) is 10.8. The summed E-state index contributed by atoms with van der Waals surface area (Å²) in [6.45, 7) is 5.53. The Labute approximate surface area is 132 Å². The van der Waals surface area contributed by atoms with Crippen LogP contribution in [0.3, 0.4) is 0 Å². The molecule has 0 radical (unpaired) electrons. The van der Waals surface area contributed by atoms with Crippen LogP contribution in [0.2, 0.25) is 0 Å². The van der Waals surface area contributed by atoms with E-state index in [1.807, 2.05) is 13.8 Å². The lowest BCUT2D eigenvalue weighted by Gasteiger charge is -2.14. The fourth-order valence-corrected chi connectivity index (χ4v) is 2.18. The molecular formula is C15H18N4O4. The predicted octanol–water partition coefficient (Wildman–Crippen LogP) is 2.57. The van der Waals surface area contributed by atoms with Gasteiger partial charge in [0.1, 0.15) is 12.3 Å². The summed E-state index contributed by atoms with van der Waals surface area (Å²) in [6.07, 6.45) is 1.38. The number of aromatic hydroxyl groups is 1. The van der Waals surface area contributed by atoms with Crippen molar-refractivity contribution < 1.29 is 14.8 Å². The molecule has 2 aromatic rings. The first kappa shape index (κ1) is 16.5. The molecule has 1 aromatic carbocycles. The molecule has 1 aromatic heterocycles. The van der Waals surface area contributed by atoms with Crippen molar-refractivity contribution in [1.29, 1.82) is 0 Å². The first-order chi connectivity index (χ1) is 10.8. The SMILES string of the molecule is Cc1cc(O)c(C(C)C)cc1NC(=O)Cn1ccc([N+](=O)[O-])n1. The maximum absolute atomic E-state index is 12.1. The lowest BCUT2D eigenvalue weighted by Crippen LogP contribution is -2.19. The van der Waals surface area contributed by atoms with Gasteiger partial charge in [-0.15, -0.1) is 0 Å². The Morgan fingerprint density at radius 1 is 1.48 bits per heavy atom. The summed E-state index contributed by atoms with van der Waals surface area (Å²) in [6, 6.07) is 4.57. The zero-order valence-corrected chi connectivity index (χ0v) is 13.1. The molecule has 0 saturated heterocycles. The van der Waals surface area contributed by atoms with Gasteiger partial charge in [-0.2, -0.15) is 4.68 Å². The van der Waals surface area contributed by atoms with Crippen LogP contribution < -0.4 is 5.32 Å². The van der Waals surface area contributed by atoms with Gasteiger partial charge in [0.15, 0.2) is 0 Å². The van der Waals surface area contributed by atoms with Crippen molar-refractivity contribution in [3.8, 4) is 5.75 Å². The van der Waals surface area contributed by atoms with Crippen LogP contribution in [-0.2, 0) is 11.3 Å². The van der Waals surface area contributed by atoms with E-state index in [2.05, 4.69) is 10.4 Å².